The average Bonchev–Trinajstić information content (AvgIpc) is 2.45. The van der Waals surface area contributed by atoms with Crippen LogP contribution in [0.25, 0.3) is 0 Å². The Bertz CT molecular complexity index is 621. The Morgan fingerprint density at radius 2 is 1.95 bits per heavy atom. The Morgan fingerprint density at radius 1 is 1.25 bits per heavy atom. The lowest BCUT2D eigenvalue weighted by molar-refractivity contribution is 0.405. The lowest BCUT2D eigenvalue weighted by Gasteiger charge is -2.19. The van der Waals surface area contributed by atoms with Gasteiger partial charge in [-0.25, -0.2) is 0 Å². The van der Waals surface area contributed by atoms with E-state index in [9.17, 15) is 0 Å². The Kier molecular flexibility index (Phi) is 5.38. The van der Waals surface area contributed by atoms with Crippen molar-refractivity contribution in [3.63, 3.8) is 0 Å². The fourth-order valence-electron chi connectivity index (χ4n) is 2.12. The van der Waals surface area contributed by atoms with E-state index < -0.39 is 0 Å². The molecule has 2 nitrogen and oxygen atoms in total. The van der Waals surface area contributed by atoms with Crippen molar-refractivity contribution in [1.82, 2.24) is 0 Å². The van der Waals surface area contributed by atoms with Crippen LogP contribution in [0.2, 0.25) is 5.02 Å². The molecule has 20 heavy (non-hydrogen) atoms. The third-order valence-corrected chi connectivity index (χ3v) is 4.67. The molecule has 0 aromatic heterocycles. The summed E-state index contributed by atoms with van der Waals surface area (Å²) in [5.41, 5.74) is 8.37. The zero-order chi connectivity index (χ0) is 14.7. The molecule has 0 amide bonds. The summed E-state index contributed by atoms with van der Waals surface area (Å²) in [7, 11) is 1.63. The summed E-state index contributed by atoms with van der Waals surface area (Å²) in [5.74, 6) is 0.720. The molecule has 2 aromatic carbocycles. The average molecular weight is 373 g/mol. The number of ether oxygens (including phenoxy) is 1. The number of hydrogen-bond donors (Lipinski definition) is 1. The van der Waals surface area contributed by atoms with Gasteiger partial charge in [-0.2, -0.15) is 0 Å². The van der Waals surface area contributed by atoms with Crippen molar-refractivity contribution in [3.8, 4) is 5.75 Å². The Labute approximate surface area is 136 Å². The van der Waals surface area contributed by atoms with E-state index in [2.05, 4.69) is 22.0 Å². The SMILES string of the molecule is COc1c(Br)cc(Cl)cc1C(N)c1ccccc1SC. The van der Waals surface area contributed by atoms with Gasteiger partial charge >= 0.3 is 0 Å². The minimum atomic E-state index is -0.288. The second kappa shape index (κ2) is 6.85. The highest BCUT2D eigenvalue weighted by molar-refractivity contribution is 9.10. The molecule has 0 spiro atoms. The molecule has 0 radical (unpaired) electrons. The van der Waals surface area contributed by atoms with Crippen molar-refractivity contribution in [2.75, 3.05) is 13.4 Å². The summed E-state index contributed by atoms with van der Waals surface area (Å²) < 4.78 is 6.26. The minimum absolute atomic E-state index is 0.288. The van der Waals surface area contributed by atoms with E-state index in [0.717, 1.165) is 26.2 Å². The second-order valence-electron chi connectivity index (χ2n) is 4.23. The Balaban J connectivity index is 2.55. The molecular weight excluding hydrogens is 358 g/mol. The molecule has 2 N–H and O–H groups in total. The maximum Gasteiger partial charge on any atom is 0.138 e. The highest BCUT2D eigenvalue weighted by atomic mass is 79.9. The summed E-state index contributed by atoms with van der Waals surface area (Å²) in [6, 6.07) is 11.5. The summed E-state index contributed by atoms with van der Waals surface area (Å²) in [4.78, 5) is 1.15. The molecule has 0 aliphatic carbocycles. The van der Waals surface area contributed by atoms with E-state index in [0.29, 0.717) is 5.02 Å². The molecule has 2 rings (SSSR count). The molecule has 106 valence electrons. The van der Waals surface area contributed by atoms with Gasteiger partial charge in [-0.15, -0.1) is 11.8 Å². The Hall–Kier alpha value is -0.680. The number of benzene rings is 2. The molecule has 0 fully saturated rings. The number of rotatable bonds is 4. The van der Waals surface area contributed by atoms with Crippen molar-refractivity contribution in [2.45, 2.75) is 10.9 Å². The Morgan fingerprint density at radius 3 is 2.60 bits per heavy atom. The molecule has 2 aromatic rings. The van der Waals surface area contributed by atoms with Gasteiger partial charge in [0.1, 0.15) is 5.75 Å². The first-order valence-electron chi connectivity index (χ1n) is 6.00. The van der Waals surface area contributed by atoms with Crippen molar-refractivity contribution in [3.05, 3.63) is 57.0 Å². The highest BCUT2D eigenvalue weighted by Crippen LogP contribution is 2.39. The summed E-state index contributed by atoms with van der Waals surface area (Å²) >= 11 is 11.3. The van der Waals surface area contributed by atoms with Gasteiger partial charge in [0.15, 0.2) is 0 Å². The second-order valence-corrected chi connectivity index (χ2v) is 6.37. The van der Waals surface area contributed by atoms with E-state index in [1.54, 1.807) is 24.9 Å². The fraction of sp³-hybridized carbons (Fsp3) is 0.200. The minimum Gasteiger partial charge on any atom is -0.495 e. The van der Waals surface area contributed by atoms with Gasteiger partial charge in [0.05, 0.1) is 17.6 Å². The fourth-order valence-corrected chi connectivity index (χ4v) is 3.76. The van der Waals surface area contributed by atoms with Gasteiger partial charge in [0, 0.05) is 15.5 Å². The molecule has 0 saturated carbocycles. The van der Waals surface area contributed by atoms with E-state index >= 15 is 0 Å². The van der Waals surface area contributed by atoms with Gasteiger partial charge in [0.2, 0.25) is 0 Å². The number of halogens is 2. The number of nitrogens with two attached hydrogens (primary N) is 1. The van der Waals surface area contributed by atoms with Crippen molar-refractivity contribution in [1.29, 1.82) is 0 Å². The first kappa shape index (κ1) is 15.7. The molecule has 0 aliphatic heterocycles. The molecule has 1 unspecified atom stereocenters. The van der Waals surface area contributed by atoms with Crippen LogP contribution in [0, 0.1) is 0 Å². The van der Waals surface area contributed by atoms with Crippen molar-refractivity contribution >= 4 is 39.3 Å². The number of thioether (sulfide) groups is 1. The largest absolute Gasteiger partial charge is 0.495 e. The van der Waals surface area contributed by atoms with Gasteiger partial charge in [-0.3, -0.25) is 0 Å². The summed E-state index contributed by atoms with van der Waals surface area (Å²) in [6.07, 6.45) is 2.04. The predicted molar refractivity (Wildman–Crippen MR) is 90.0 cm³/mol. The van der Waals surface area contributed by atoms with Crippen LogP contribution in [0.1, 0.15) is 17.2 Å². The van der Waals surface area contributed by atoms with Gasteiger partial charge in [0.25, 0.3) is 0 Å². The maximum atomic E-state index is 6.43. The monoisotopic (exact) mass is 371 g/mol. The molecule has 0 bridgehead atoms. The van der Waals surface area contributed by atoms with E-state index in [4.69, 9.17) is 22.1 Å². The normalized spacial score (nSPS) is 12.2. The van der Waals surface area contributed by atoms with Crippen LogP contribution in [-0.4, -0.2) is 13.4 Å². The van der Waals surface area contributed by atoms with Crippen molar-refractivity contribution in [2.24, 2.45) is 5.73 Å². The van der Waals surface area contributed by atoms with Crippen LogP contribution < -0.4 is 10.5 Å². The molecule has 0 heterocycles. The third-order valence-electron chi connectivity index (χ3n) is 3.05. The molecule has 1 atom stereocenters. The van der Waals surface area contributed by atoms with Gasteiger partial charge < -0.3 is 10.5 Å². The first-order valence-corrected chi connectivity index (χ1v) is 8.39. The lowest BCUT2D eigenvalue weighted by atomic mass is 9.98. The van der Waals surface area contributed by atoms with E-state index in [1.807, 2.05) is 30.5 Å². The smallest absolute Gasteiger partial charge is 0.138 e. The van der Waals surface area contributed by atoms with Crippen LogP contribution in [-0.2, 0) is 0 Å². The van der Waals surface area contributed by atoms with Crippen LogP contribution in [0.4, 0.5) is 0 Å². The van der Waals surface area contributed by atoms with Crippen LogP contribution >= 0.6 is 39.3 Å². The zero-order valence-corrected chi connectivity index (χ0v) is 14.3. The molecule has 0 aliphatic rings. The quantitative estimate of drug-likeness (QED) is 0.777. The third kappa shape index (κ3) is 3.14. The standard InChI is InChI=1S/C15H15BrClNOS/c1-19-15-11(7-9(17)8-12(15)16)14(18)10-5-3-4-6-13(10)20-2/h3-8,14H,18H2,1-2H3. The highest BCUT2D eigenvalue weighted by Gasteiger charge is 2.19. The molecular formula is C15H15BrClNOS. The van der Waals surface area contributed by atoms with Gasteiger partial charge in [-0.05, 0) is 45.9 Å². The lowest BCUT2D eigenvalue weighted by Crippen LogP contribution is -2.14. The molecule has 5 heteroatoms. The first-order chi connectivity index (χ1) is 9.58. The maximum absolute atomic E-state index is 6.43. The predicted octanol–water partition coefficient (Wildman–Crippen LogP) is 4.88. The van der Waals surface area contributed by atoms with Crippen molar-refractivity contribution < 1.29 is 4.74 Å². The van der Waals surface area contributed by atoms with Crippen LogP contribution in [0.3, 0.4) is 0 Å². The summed E-state index contributed by atoms with van der Waals surface area (Å²) in [5, 5.41) is 0.629. The topological polar surface area (TPSA) is 35.2 Å². The van der Waals surface area contributed by atoms with Crippen LogP contribution in [0.5, 0.6) is 5.75 Å². The number of methoxy groups -OCH3 is 1. The van der Waals surface area contributed by atoms with Gasteiger partial charge in [-0.1, -0.05) is 29.8 Å². The van der Waals surface area contributed by atoms with E-state index in [1.165, 1.54) is 0 Å². The molecule has 0 saturated heterocycles. The number of hydrogen-bond acceptors (Lipinski definition) is 3. The van der Waals surface area contributed by atoms with E-state index in [-0.39, 0.29) is 6.04 Å². The van der Waals surface area contributed by atoms with Crippen LogP contribution in [0.15, 0.2) is 45.8 Å². The zero-order valence-electron chi connectivity index (χ0n) is 11.2. The summed E-state index contributed by atoms with van der Waals surface area (Å²) in [6.45, 7) is 0.